The lowest BCUT2D eigenvalue weighted by molar-refractivity contribution is 0.0278. The minimum Gasteiger partial charge on any atom is -0.445 e. The predicted molar refractivity (Wildman–Crippen MR) is 214 cm³/mol. The van der Waals surface area contributed by atoms with Gasteiger partial charge in [-0.2, -0.15) is 0 Å². The number of ketones is 2. The lowest BCUT2D eigenvalue weighted by atomic mass is 9.97. The Morgan fingerprint density at radius 3 is 1.39 bits per heavy atom. The molecule has 9 nitrogen and oxygen atoms in total. The molecule has 6 aromatic rings. The average molecular weight is 756 g/mol. The smallest absolute Gasteiger partial charge is 0.339 e. The second kappa shape index (κ2) is 15.8. The minimum atomic E-state index is -1.27. The first kappa shape index (κ1) is 38.0. The first-order valence-corrected chi connectivity index (χ1v) is 18.3. The second-order valence-corrected chi connectivity index (χ2v) is 14.0. The number of ether oxygens (including phenoxy) is 2. The van der Waals surface area contributed by atoms with Crippen molar-refractivity contribution >= 4 is 41.0 Å². The normalized spacial score (nSPS) is 13.1. The van der Waals surface area contributed by atoms with E-state index in [2.05, 4.69) is 0 Å². The molecule has 282 valence electrons. The summed E-state index contributed by atoms with van der Waals surface area (Å²) in [4.78, 5) is 83.3. The Morgan fingerprint density at radius 2 is 0.895 bits per heavy atom. The molecule has 0 unspecified atom stereocenters. The van der Waals surface area contributed by atoms with Crippen LogP contribution in [0, 0.1) is 27.7 Å². The maximum atomic E-state index is 13.9. The third kappa shape index (κ3) is 7.68. The van der Waals surface area contributed by atoms with Crippen molar-refractivity contribution in [1.29, 1.82) is 0 Å². The second-order valence-electron chi connectivity index (χ2n) is 14.0. The van der Waals surface area contributed by atoms with Crippen molar-refractivity contribution in [3.63, 3.8) is 0 Å². The molecule has 0 fully saturated rings. The summed E-state index contributed by atoms with van der Waals surface area (Å²) in [6, 6.07) is 37.6. The van der Waals surface area contributed by atoms with Gasteiger partial charge in [0.15, 0.2) is 12.2 Å². The molecule has 6 aromatic carbocycles. The van der Waals surface area contributed by atoms with Crippen LogP contribution in [0.5, 0.6) is 0 Å². The highest BCUT2D eigenvalue weighted by Gasteiger charge is 2.38. The Morgan fingerprint density at radius 1 is 0.439 bits per heavy atom. The number of fused-ring (bicyclic) bond motifs is 1. The molecule has 0 bridgehead atoms. The molecule has 0 saturated heterocycles. The van der Waals surface area contributed by atoms with E-state index in [9.17, 15) is 28.8 Å². The molecule has 0 radical (unpaired) electrons. The summed E-state index contributed by atoms with van der Waals surface area (Å²) in [5, 5.41) is 0. The summed E-state index contributed by atoms with van der Waals surface area (Å²) < 4.78 is 11.7. The molecule has 2 amide bonds. The van der Waals surface area contributed by atoms with Crippen molar-refractivity contribution in [3.05, 3.63) is 206 Å². The number of carbonyl (C=O) groups is 6. The third-order valence-electron chi connectivity index (χ3n) is 10.2. The van der Waals surface area contributed by atoms with Crippen LogP contribution in [0.4, 0.5) is 5.69 Å². The lowest BCUT2D eigenvalue weighted by Crippen LogP contribution is -2.29. The van der Waals surface area contributed by atoms with E-state index in [0.717, 1.165) is 27.2 Å². The Bertz CT molecular complexity index is 2600. The van der Waals surface area contributed by atoms with E-state index in [0.29, 0.717) is 22.3 Å². The summed E-state index contributed by atoms with van der Waals surface area (Å²) in [7, 11) is 0. The van der Waals surface area contributed by atoms with Gasteiger partial charge in [-0.1, -0.05) is 91.0 Å². The molecule has 1 aliphatic heterocycles. The Labute approximate surface area is 329 Å². The van der Waals surface area contributed by atoms with Crippen molar-refractivity contribution in [3.8, 4) is 0 Å². The molecule has 0 aliphatic carbocycles. The van der Waals surface area contributed by atoms with Crippen LogP contribution in [0.3, 0.4) is 0 Å². The summed E-state index contributed by atoms with van der Waals surface area (Å²) >= 11 is 0. The van der Waals surface area contributed by atoms with Crippen molar-refractivity contribution in [2.75, 3.05) is 4.90 Å². The standard InChI is InChI=1S/C48H37NO8/c1-28-18-20-34(24-30(28)3)41(50)43(32-12-7-5-8-13-32)56-47(54)36-16-11-17-38(26-36)49-45(52)39-23-22-37(27-40(39)46(49)53)48(55)57-44(33-14-9-6-10-15-33)42(51)35-21-19-29(2)31(4)25-35/h5-27,43-44H,1-4H3/t43-,44-/m1/s1. The summed E-state index contributed by atoms with van der Waals surface area (Å²) in [6.45, 7) is 7.66. The van der Waals surface area contributed by atoms with Crippen molar-refractivity contribution in [2.24, 2.45) is 0 Å². The fourth-order valence-electron chi connectivity index (χ4n) is 6.62. The van der Waals surface area contributed by atoms with Crippen LogP contribution >= 0.6 is 0 Å². The molecule has 1 heterocycles. The third-order valence-corrected chi connectivity index (χ3v) is 10.2. The van der Waals surface area contributed by atoms with Gasteiger partial charge in [0.25, 0.3) is 11.8 Å². The Hall–Kier alpha value is -7.26. The number of hydrogen-bond acceptors (Lipinski definition) is 8. The number of anilines is 1. The fraction of sp³-hybridized carbons (Fsp3) is 0.125. The van der Waals surface area contributed by atoms with Crippen molar-refractivity contribution in [2.45, 2.75) is 39.9 Å². The molecular weight excluding hydrogens is 719 g/mol. The van der Waals surface area contributed by atoms with Crippen LogP contribution in [-0.2, 0) is 9.47 Å². The zero-order chi connectivity index (χ0) is 40.4. The van der Waals surface area contributed by atoms with E-state index in [1.165, 1.54) is 42.5 Å². The quantitative estimate of drug-likeness (QED) is 0.0728. The number of rotatable bonds is 11. The van der Waals surface area contributed by atoms with Crippen LogP contribution in [0.1, 0.15) is 108 Å². The summed E-state index contributed by atoms with van der Waals surface area (Å²) in [5.41, 5.74) is 5.58. The Balaban J connectivity index is 1.12. The average Bonchev–Trinajstić information content (AvgIpc) is 3.48. The van der Waals surface area contributed by atoms with E-state index in [4.69, 9.17) is 9.47 Å². The van der Waals surface area contributed by atoms with Gasteiger partial charge < -0.3 is 9.47 Å². The highest BCUT2D eigenvalue weighted by Crippen LogP contribution is 2.32. The first-order chi connectivity index (χ1) is 27.4. The van der Waals surface area contributed by atoms with Crippen molar-refractivity contribution in [1.82, 2.24) is 0 Å². The molecule has 0 aromatic heterocycles. The molecule has 9 heteroatoms. The van der Waals surface area contributed by atoms with Gasteiger partial charge in [0, 0.05) is 22.3 Å². The first-order valence-electron chi connectivity index (χ1n) is 18.3. The highest BCUT2D eigenvalue weighted by molar-refractivity contribution is 6.34. The molecule has 1 aliphatic rings. The number of benzene rings is 6. The summed E-state index contributed by atoms with van der Waals surface area (Å²) in [5.74, 6) is -3.93. The molecule has 2 atom stereocenters. The molecule has 0 N–H and O–H groups in total. The van der Waals surface area contributed by atoms with Crippen LogP contribution in [0.2, 0.25) is 0 Å². The summed E-state index contributed by atoms with van der Waals surface area (Å²) in [6.07, 6.45) is -2.54. The SMILES string of the molecule is Cc1ccc(C(=O)[C@H](OC(=O)c2cccc(N3C(=O)c4ccc(C(=O)O[C@@H](C(=O)c5ccc(C)c(C)c5)c5ccccc5)cc4C3=O)c2)c2ccccc2)cc1C. The monoisotopic (exact) mass is 755 g/mol. The van der Waals surface area contributed by atoms with Crippen molar-refractivity contribution < 1.29 is 38.2 Å². The van der Waals surface area contributed by atoms with Crippen LogP contribution in [-0.4, -0.2) is 35.3 Å². The number of hydrogen-bond donors (Lipinski definition) is 0. The number of Topliss-reactive ketones (excluding diaryl/α,β-unsaturated/α-hetero) is 2. The van der Waals surface area contributed by atoms with Gasteiger partial charge in [-0.05, 0) is 98.5 Å². The van der Waals surface area contributed by atoms with Gasteiger partial charge in [-0.25, -0.2) is 14.5 Å². The zero-order valence-electron chi connectivity index (χ0n) is 31.6. The van der Waals surface area contributed by atoms with Gasteiger partial charge in [0.1, 0.15) is 0 Å². The lowest BCUT2D eigenvalue weighted by Gasteiger charge is -2.19. The number of amides is 2. The Kier molecular flexibility index (Phi) is 10.6. The zero-order valence-corrected chi connectivity index (χ0v) is 31.6. The fourth-order valence-corrected chi connectivity index (χ4v) is 6.62. The van der Waals surface area contributed by atoms with E-state index < -0.39 is 47.5 Å². The van der Waals surface area contributed by atoms with E-state index in [1.807, 2.05) is 39.8 Å². The largest absolute Gasteiger partial charge is 0.445 e. The van der Waals surface area contributed by atoms with Gasteiger partial charge >= 0.3 is 11.9 Å². The van der Waals surface area contributed by atoms with Gasteiger partial charge in [-0.3, -0.25) is 19.2 Å². The maximum absolute atomic E-state index is 13.9. The number of carbonyl (C=O) groups excluding carboxylic acids is 6. The number of imide groups is 1. The topological polar surface area (TPSA) is 124 Å². The van der Waals surface area contributed by atoms with E-state index in [1.54, 1.807) is 84.9 Å². The maximum Gasteiger partial charge on any atom is 0.339 e. The molecular formula is C48H37NO8. The van der Waals surface area contributed by atoms with Crippen LogP contribution in [0.15, 0.2) is 140 Å². The van der Waals surface area contributed by atoms with E-state index >= 15 is 0 Å². The molecule has 0 spiro atoms. The van der Waals surface area contributed by atoms with Crippen LogP contribution in [0.25, 0.3) is 0 Å². The highest BCUT2D eigenvalue weighted by atomic mass is 16.6. The van der Waals surface area contributed by atoms with Gasteiger partial charge in [0.05, 0.1) is 27.9 Å². The predicted octanol–water partition coefficient (Wildman–Crippen LogP) is 9.28. The van der Waals surface area contributed by atoms with Gasteiger partial charge in [-0.15, -0.1) is 0 Å². The van der Waals surface area contributed by atoms with E-state index in [-0.39, 0.29) is 27.9 Å². The molecule has 7 rings (SSSR count). The number of esters is 2. The number of aryl methyl sites for hydroxylation is 4. The minimum absolute atomic E-state index is 0.00234. The molecule has 57 heavy (non-hydrogen) atoms. The van der Waals surface area contributed by atoms with Crippen LogP contribution < -0.4 is 4.90 Å². The van der Waals surface area contributed by atoms with Gasteiger partial charge in [0.2, 0.25) is 11.6 Å². The molecule has 0 saturated carbocycles. The number of nitrogens with zero attached hydrogens (tertiary/aromatic N) is 1.